The summed E-state index contributed by atoms with van der Waals surface area (Å²) in [5, 5.41) is 0. The summed E-state index contributed by atoms with van der Waals surface area (Å²) in [5.41, 5.74) is 4.30. The molecule has 3 aromatic rings. The standard InChI is InChI=1S/C34H35N2O4S2/c1-2-27(3-5-29-7-9-31-33(25-29)39-21-19-37-31)11-14-35-15-23-41-42-24-18-36-16-12-28(13-17-36)4-6-30-8-10-32-34(26-30)40-22-20-38-32/h2-14,16-17,25-26H,1,15,18-24H2/q+1/b5-3+,6-4+,27-11+,35-14?. The number of nitrogens with zero attached hydrogens (tertiary/aromatic N) is 2. The number of fused-ring (bicyclic) bond motifs is 2. The fraction of sp³-hybridized carbons (Fsp3) is 0.235. The minimum absolute atomic E-state index is 0.585. The fourth-order valence-corrected chi connectivity index (χ4v) is 6.05. The average molecular weight is 600 g/mol. The molecule has 8 heteroatoms. The molecule has 0 spiro atoms. The highest BCUT2D eigenvalue weighted by Gasteiger charge is 2.11. The maximum atomic E-state index is 5.67. The molecule has 0 radical (unpaired) electrons. The van der Waals surface area contributed by atoms with Gasteiger partial charge in [-0.1, -0.05) is 70.7 Å². The highest BCUT2D eigenvalue weighted by molar-refractivity contribution is 8.76. The Balaban J connectivity index is 0.968. The van der Waals surface area contributed by atoms with E-state index in [1.807, 2.05) is 88.5 Å². The van der Waals surface area contributed by atoms with Crippen LogP contribution in [0.1, 0.15) is 16.7 Å². The monoisotopic (exact) mass is 599 g/mol. The van der Waals surface area contributed by atoms with E-state index in [1.165, 1.54) is 0 Å². The van der Waals surface area contributed by atoms with Gasteiger partial charge in [0.2, 0.25) is 0 Å². The normalized spacial score (nSPS) is 14.6. The largest absolute Gasteiger partial charge is 0.486 e. The molecule has 2 aliphatic rings. The zero-order valence-electron chi connectivity index (χ0n) is 23.5. The molecule has 0 atom stereocenters. The van der Waals surface area contributed by atoms with Crippen molar-refractivity contribution in [3.8, 4) is 23.0 Å². The third-order valence-corrected chi connectivity index (χ3v) is 8.78. The van der Waals surface area contributed by atoms with Crippen LogP contribution in [0.15, 0.2) is 96.3 Å². The van der Waals surface area contributed by atoms with Gasteiger partial charge in [-0.3, -0.25) is 4.99 Å². The average Bonchev–Trinajstić information content (AvgIpc) is 3.04. The number of hydrogen-bond acceptors (Lipinski definition) is 7. The second kappa shape index (κ2) is 15.9. The molecule has 0 saturated heterocycles. The molecule has 0 N–H and O–H groups in total. The third kappa shape index (κ3) is 9.06. The highest BCUT2D eigenvalue weighted by atomic mass is 33.1. The lowest BCUT2D eigenvalue weighted by Crippen LogP contribution is -2.33. The summed E-state index contributed by atoms with van der Waals surface area (Å²) in [6.45, 7) is 8.05. The zero-order chi connectivity index (χ0) is 28.8. The van der Waals surface area contributed by atoms with E-state index < -0.39 is 0 Å². The van der Waals surface area contributed by atoms with Crippen LogP contribution in [0.3, 0.4) is 0 Å². The molecule has 5 rings (SSSR count). The van der Waals surface area contributed by atoms with E-state index in [-0.39, 0.29) is 0 Å². The van der Waals surface area contributed by atoms with E-state index in [0.717, 1.165) is 69.9 Å². The first-order valence-corrected chi connectivity index (χ1v) is 16.5. The Kier molecular flexibility index (Phi) is 11.2. The minimum Gasteiger partial charge on any atom is -0.486 e. The molecule has 0 bridgehead atoms. The number of aliphatic imine (C=N–C) groups is 1. The van der Waals surface area contributed by atoms with Gasteiger partial charge in [-0.05, 0) is 52.6 Å². The van der Waals surface area contributed by atoms with E-state index >= 15 is 0 Å². The van der Waals surface area contributed by atoms with Gasteiger partial charge in [0.25, 0.3) is 0 Å². The summed E-state index contributed by atoms with van der Waals surface area (Å²) in [6.07, 6.45) is 18.2. The van der Waals surface area contributed by atoms with Crippen molar-refractivity contribution in [2.24, 2.45) is 4.99 Å². The maximum Gasteiger partial charge on any atom is 0.169 e. The van der Waals surface area contributed by atoms with Crippen molar-refractivity contribution in [2.45, 2.75) is 6.54 Å². The van der Waals surface area contributed by atoms with Crippen molar-refractivity contribution < 1.29 is 23.5 Å². The first-order chi connectivity index (χ1) is 20.8. The Labute approximate surface area is 255 Å². The Morgan fingerprint density at radius 3 is 2.00 bits per heavy atom. The Bertz CT molecular complexity index is 1460. The SMILES string of the molecule is C=CC(/C=C/c1ccc2c(c1)OCCO2)=C\C=NCCSSCC[n+]1ccc(/C=C/c2ccc3c(c2)OCCO3)cc1. The number of aromatic nitrogens is 1. The molecule has 42 heavy (non-hydrogen) atoms. The predicted octanol–water partition coefficient (Wildman–Crippen LogP) is 6.96. The van der Waals surface area contributed by atoms with Crippen LogP contribution in [-0.4, -0.2) is 50.7 Å². The van der Waals surface area contributed by atoms with Crippen LogP contribution < -0.4 is 23.5 Å². The number of rotatable bonds is 13. The molecule has 3 heterocycles. The number of aryl methyl sites for hydroxylation is 1. The third-order valence-electron chi connectivity index (χ3n) is 6.41. The van der Waals surface area contributed by atoms with Crippen molar-refractivity contribution in [1.82, 2.24) is 0 Å². The molecule has 0 saturated carbocycles. The van der Waals surface area contributed by atoms with Gasteiger partial charge in [0, 0.05) is 30.6 Å². The Morgan fingerprint density at radius 1 is 0.738 bits per heavy atom. The molecule has 2 aliphatic heterocycles. The molecule has 0 amide bonds. The lowest BCUT2D eigenvalue weighted by Gasteiger charge is -2.18. The lowest BCUT2D eigenvalue weighted by atomic mass is 10.1. The molecule has 6 nitrogen and oxygen atoms in total. The van der Waals surface area contributed by atoms with E-state index in [9.17, 15) is 0 Å². The number of benzene rings is 2. The summed E-state index contributed by atoms with van der Waals surface area (Å²) < 4.78 is 24.7. The van der Waals surface area contributed by atoms with E-state index in [4.69, 9.17) is 18.9 Å². The van der Waals surface area contributed by atoms with Crippen molar-refractivity contribution >= 4 is 46.0 Å². The molecule has 0 unspecified atom stereocenters. The summed E-state index contributed by atoms with van der Waals surface area (Å²) in [4.78, 5) is 4.52. The summed E-state index contributed by atoms with van der Waals surface area (Å²) in [6, 6.07) is 16.3. The van der Waals surface area contributed by atoms with E-state index in [2.05, 4.69) is 52.8 Å². The molecule has 1 aromatic heterocycles. The van der Waals surface area contributed by atoms with Crippen LogP contribution in [0.4, 0.5) is 0 Å². The van der Waals surface area contributed by atoms with Crippen LogP contribution in [-0.2, 0) is 6.54 Å². The quantitative estimate of drug-likeness (QED) is 0.0696. The van der Waals surface area contributed by atoms with Gasteiger partial charge in [0.15, 0.2) is 41.9 Å². The van der Waals surface area contributed by atoms with E-state index in [0.29, 0.717) is 26.4 Å². The van der Waals surface area contributed by atoms with Crippen LogP contribution in [0.5, 0.6) is 23.0 Å². The second-order valence-electron chi connectivity index (χ2n) is 9.41. The second-order valence-corrected chi connectivity index (χ2v) is 12.1. The lowest BCUT2D eigenvalue weighted by molar-refractivity contribution is -0.692. The van der Waals surface area contributed by atoms with E-state index in [1.54, 1.807) is 0 Å². The summed E-state index contributed by atoms with van der Waals surface area (Å²) in [5.74, 6) is 5.23. The number of hydrogen-bond donors (Lipinski definition) is 0. The molecule has 0 fully saturated rings. The van der Waals surface area contributed by atoms with Crippen LogP contribution in [0.2, 0.25) is 0 Å². The summed E-state index contributed by atoms with van der Waals surface area (Å²) >= 11 is 0. The fourth-order valence-electron chi connectivity index (χ4n) is 4.20. The van der Waals surface area contributed by atoms with Gasteiger partial charge < -0.3 is 18.9 Å². The van der Waals surface area contributed by atoms with Gasteiger partial charge in [0.05, 0.1) is 5.75 Å². The topological polar surface area (TPSA) is 53.2 Å². The van der Waals surface area contributed by atoms with Gasteiger partial charge in [-0.2, -0.15) is 0 Å². The van der Waals surface area contributed by atoms with Gasteiger partial charge in [-0.15, -0.1) is 0 Å². The molecule has 216 valence electrons. The van der Waals surface area contributed by atoms with Crippen LogP contribution in [0.25, 0.3) is 18.2 Å². The first-order valence-electron chi connectivity index (χ1n) is 14.0. The van der Waals surface area contributed by atoms with Crippen LogP contribution >= 0.6 is 21.6 Å². The van der Waals surface area contributed by atoms with Gasteiger partial charge in [0.1, 0.15) is 26.4 Å². The Hall–Kier alpha value is -3.88. The van der Waals surface area contributed by atoms with Crippen molar-refractivity contribution in [2.75, 3.05) is 44.5 Å². The van der Waals surface area contributed by atoms with Crippen molar-refractivity contribution in [1.29, 1.82) is 0 Å². The summed E-state index contributed by atoms with van der Waals surface area (Å²) in [7, 11) is 3.74. The van der Waals surface area contributed by atoms with Crippen molar-refractivity contribution in [3.63, 3.8) is 0 Å². The van der Waals surface area contributed by atoms with Crippen LogP contribution in [0, 0.1) is 0 Å². The molecular weight excluding hydrogens is 565 g/mol. The zero-order valence-corrected chi connectivity index (χ0v) is 25.2. The Morgan fingerprint density at radius 2 is 1.33 bits per heavy atom. The maximum absolute atomic E-state index is 5.67. The van der Waals surface area contributed by atoms with Gasteiger partial charge >= 0.3 is 0 Å². The molecular formula is C34H35N2O4S2+. The smallest absolute Gasteiger partial charge is 0.169 e. The first kappa shape index (κ1) is 29.6. The molecule has 0 aliphatic carbocycles. The minimum atomic E-state index is 0.585. The van der Waals surface area contributed by atoms with Gasteiger partial charge in [-0.25, -0.2) is 4.57 Å². The van der Waals surface area contributed by atoms with Crippen molar-refractivity contribution in [3.05, 3.63) is 108 Å². The predicted molar refractivity (Wildman–Crippen MR) is 176 cm³/mol. The number of ether oxygens (including phenoxy) is 4. The molecule has 2 aromatic carbocycles. The number of allylic oxidation sites excluding steroid dienone is 4. The highest BCUT2D eigenvalue weighted by Crippen LogP contribution is 2.32. The number of pyridine rings is 1.